The highest BCUT2D eigenvalue weighted by atomic mass is 16.5. The van der Waals surface area contributed by atoms with Gasteiger partial charge in [-0.1, -0.05) is 32.9 Å². The Hall–Kier alpha value is -2.99. The monoisotopic (exact) mass is 417 g/mol. The van der Waals surface area contributed by atoms with Crippen molar-refractivity contribution in [2.45, 2.75) is 20.8 Å². The van der Waals surface area contributed by atoms with E-state index in [4.69, 9.17) is 9.72 Å². The molecule has 3 heterocycles. The van der Waals surface area contributed by atoms with E-state index in [1.165, 1.54) is 0 Å². The zero-order valence-electron chi connectivity index (χ0n) is 18.9. The molecule has 3 aromatic rings. The van der Waals surface area contributed by atoms with Crippen LogP contribution in [0.25, 0.3) is 22.5 Å². The van der Waals surface area contributed by atoms with Crippen molar-refractivity contribution >= 4 is 5.82 Å². The van der Waals surface area contributed by atoms with Crippen LogP contribution in [0.15, 0.2) is 55.0 Å². The molecule has 0 spiro atoms. The molecule has 4 rings (SSSR count). The third-order valence-corrected chi connectivity index (χ3v) is 5.46. The second-order valence-electron chi connectivity index (χ2n) is 9.22. The fourth-order valence-electron chi connectivity index (χ4n) is 4.04. The molecule has 1 saturated heterocycles. The summed E-state index contributed by atoms with van der Waals surface area (Å²) < 4.78 is 5.45. The Morgan fingerprint density at radius 1 is 0.968 bits per heavy atom. The van der Waals surface area contributed by atoms with Crippen LogP contribution < -0.4 is 9.64 Å². The van der Waals surface area contributed by atoms with Crippen LogP contribution in [0.1, 0.15) is 20.8 Å². The maximum absolute atomic E-state index is 5.45. The Labute approximate surface area is 184 Å². The Morgan fingerprint density at radius 3 is 2.39 bits per heavy atom. The van der Waals surface area contributed by atoms with Gasteiger partial charge in [0.25, 0.3) is 0 Å². The first-order valence-electron chi connectivity index (χ1n) is 10.8. The van der Waals surface area contributed by atoms with E-state index in [1.807, 2.05) is 36.5 Å². The lowest BCUT2D eigenvalue weighted by molar-refractivity contribution is 0.182. The molecule has 1 fully saturated rings. The number of aromatic nitrogens is 3. The molecule has 1 aliphatic rings. The van der Waals surface area contributed by atoms with Crippen LogP contribution in [0.2, 0.25) is 0 Å². The predicted octanol–water partition coefficient (Wildman–Crippen LogP) is 4.38. The molecule has 1 aliphatic heterocycles. The first-order valence-corrected chi connectivity index (χ1v) is 10.8. The Bertz CT molecular complexity index is 1010. The first kappa shape index (κ1) is 21.2. The molecule has 0 N–H and O–H groups in total. The van der Waals surface area contributed by atoms with E-state index < -0.39 is 0 Å². The number of hydrogen-bond acceptors (Lipinski definition) is 6. The van der Waals surface area contributed by atoms with Crippen LogP contribution >= 0.6 is 0 Å². The zero-order chi connectivity index (χ0) is 21.8. The number of rotatable bonds is 5. The topological polar surface area (TPSA) is 54.4 Å². The molecule has 0 amide bonds. The molecule has 6 heteroatoms. The van der Waals surface area contributed by atoms with E-state index in [9.17, 15) is 0 Å². The summed E-state index contributed by atoms with van der Waals surface area (Å²) in [5.74, 6) is 2.53. The number of nitrogens with zero attached hydrogens (tertiary/aromatic N) is 5. The lowest BCUT2D eigenvalue weighted by atomic mass is 9.96. The van der Waals surface area contributed by atoms with Crippen LogP contribution in [0.3, 0.4) is 0 Å². The van der Waals surface area contributed by atoms with Gasteiger partial charge in [0.15, 0.2) is 5.82 Å². The average Bonchev–Trinajstić information content (AvgIpc) is 2.79. The maximum Gasteiger partial charge on any atom is 0.161 e. The molecule has 0 unspecified atom stereocenters. The number of benzene rings is 1. The van der Waals surface area contributed by atoms with Gasteiger partial charge in [-0.2, -0.15) is 0 Å². The number of ether oxygens (including phenoxy) is 1. The minimum absolute atomic E-state index is 0.303. The van der Waals surface area contributed by atoms with Crippen LogP contribution in [-0.2, 0) is 0 Å². The summed E-state index contributed by atoms with van der Waals surface area (Å²) in [6, 6.07) is 12.0. The van der Waals surface area contributed by atoms with Crippen molar-refractivity contribution in [3.8, 4) is 28.3 Å². The molecule has 0 aliphatic carbocycles. The summed E-state index contributed by atoms with van der Waals surface area (Å²) in [4.78, 5) is 18.8. The summed E-state index contributed by atoms with van der Waals surface area (Å²) in [5.41, 5.74) is 3.37. The molecule has 0 radical (unpaired) electrons. The van der Waals surface area contributed by atoms with Crippen LogP contribution in [0.4, 0.5) is 5.82 Å². The van der Waals surface area contributed by atoms with Gasteiger partial charge < -0.3 is 9.64 Å². The molecule has 162 valence electrons. The molecule has 2 aromatic heterocycles. The normalized spacial score (nSPS) is 15.2. The molecule has 31 heavy (non-hydrogen) atoms. The van der Waals surface area contributed by atoms with Gasteiger partial charge in [0, 0.05) is 62.4 Å². The van der Waals surface area contributed by atoms with Gasteiger partial charge in [0.05, 0.1) is 7.11 Å². The van der Waals surface area contributed by atoms with Crippen molar-refractivity contribution in [1.82, 2.24) is 19.9 Å². The third-order valence-electron chi connectivity index (χ3n) is 5.46. The molecular formula is C25H31N5O. The summed E-state index contributed by atoms with van der Waals surface area (Å²) >= 11 is 0. The smallest absolute Gasteiger partial charge is 0.161 e. The average molecular weight is 418 g/mol. The van der Waals surface area contributed by atoms with Crippen LogP contribution in [0.5, 0.6) is 5.75 Å². The highest BCUT2D eigenvalue weighted by Gasteiger charge is 2.24. The molecule has 1 aromatic carbocycles. The summed E-state index contributed by atoms with van der Waals surface area (Å²) in [6.07, 6.45) is 5.49. The highest BCUT2D eigenvalue weighted by Crippen LogP contribution is 2.33. The lowest BCUT2D eigenvalue weighted by Gasteiger charge is -2.39. The highest BCUT2D eigenvalue weighted by molar-refractivity contribution is 5.77. The summed E-state index contributed by atoms with van der Waals surface area (Å²) in [6.45, 7) is 11.9. The van der Waals surface area contributed by atoms with Gasteiger partial charge in [-0.3, -0.25) is 9.88 Å². The van der Waals surface area contributed by atoms with Gasteiger partial charge in [-0.05, 0) is 35.2 Å². The first-order chi connectivity index (χ1) is 14.9. The van der Waals surface area contributed by atoms with Gasteiger partial charge >= 0.3 is 0 Å². The number of methoxy groups -OCH3 is 1. The second-order valence-corrected chi connectivity index (χ2v) is 9.22. The Balaban J connectivity index is 1.68. The van der Waals surface area contributed by atoms with Crippen molar-refractivity contribution in [3.05, 3.63) is 55.0 Å². The molecule has 0 saturated carbocycles. The van der Waals surface area contributed by atoms with Crippen molar-refractivity contribution in [2.75, 3.05) is 44.7 Å². The van der Waals surface area contributed by atoms with Gasteiger partial charge in [-0.15, -0.1) is 0 Å². The molecule has 6 nitrogen and oxygen atoms in total. The van der Waals surface area contributed by atoms with Gasteiger partial charge in [0.1, 0.15) is 11.6 Å². The van der Waals surface area contributed by atoms with Gasteiger partial charge in [-0.25, -0.2) is 9.97 Å². The van der Waals surface area contributed by atoms with Crippen molar-refractivity contribution in [2.24, 2.45) is 5.41 Å². The minimum Gasteiger partial charge on any atom is -0.497 e. The van der Waals surface area contributed by atoms with Crippen molar-refractivity contribution in [3.63, 3.8) is 0 Å². The van der Waals surface area contributed by atoms with E-state index in [2.05, 4.69) is 46.6 Å². The Kier molecular flexibility index (Phi) is 6.18. The van der Waals surface area contributed by atoms with E-state index in [0.717, 1.165) is 66.8 Å². The SMILES string of the molecule is COc1cccc(-c2cnc(-c3ccncc3)nc2N2CCN(CC(C)(C)C)CC2)c1. The van der Waals surface area contributed by atoms with E-state index in [0.29, 0.717) is 5.41 Å². The quantitative estimate of drug-likeness (QED) is 0.614. The number of anilines is 1. The number of hydrogen-bond donors (Lipinski definition) is 0. The molecule has 0 atom stereocenters. The Morgan fingerprint density at radius 2 is 1.71 bits per heavy atom. The van der Waals surface area contributed by atoms with Crippen LogP contribution in [0, 0.1) is 5.41 Å². The molecule has 0 bridgehead atoms. The third kappa shape index (κ3) is 5.20. The summed E-state index contributed by atoms with van der Waals surface area (Å²) in [5, 5.41) is 0. The van der Waals surface area contributed by atoms with E-state index in [-0.39, 0.29) is 0 Å². The summed E-state index contributed by atoms with van der Waals surface area (Å²) in [7, 11) is 1.69. The second kappa shape index (κ2) is 9.02. The minimum atomic E-state index is 0.303. The van der Waals surface area contributed by atoms with E-state index >= 15 is 0 Å². The van der Waals surface area contributed by atoms with Crippen molar-refractivity contribution in [1.29, 1.82) is 0 Å². The predicted molar refractivity (Wildman–Crippen MR) is 125 cm³/mol. The lowest BCUT2D eigenvalue weighted by Crippen LogP contribution is -2.49. The zero-order valence-corrected chi connectivity index (χ0v) is 18.9. The van der Waals surface area contributed by atoms with E-state index in [1.54, 1.807) is 19.5 Å². The largest absolute Gasteiger partial charge is 0.497 e. The fourth-order valence-corrected chi connectivity index (χ4v) is 4.04. The van der Waals surface area contributed by atoms with Gasteiger partial charge in [0.2, 0.25) is 0 Å². The maximum atomic E-state index is 5.45. The molecular weight excluding hydrogens is 386 g/mol. The number of piperazine rings is 1. The van der Waals surface area contributed by atoms with Crippen molar-refractivity contribution < 1.29 is 4.74 Å². The standard InChI is InChI=1S/C25H31N5O/c1-25(2,3)18-29-12-14-30(15-13-29)24-22(20-6-5-7-21(16-20)31-4)17-27-23(28-24)19-8-10-26-11-9-19/h5-11,16-17H,12-15,18H2,1-4H3. The van der Waals surface area contributed by atoms with Crippen LogP contribution in [-0.4, -0.2) is 59.7 Å². The fraction of sp³-hybridized carbons (Fsp3) is 0.400. The number of pyridine rings is 1.